The molecule has 22 heteroatoms. The normalized spacial score (nSPS) is 28.9. The summed E-state index contributed by atoms with van der Waals surface area (Å²) >= 11 is 0. The number of nitrogens with one attached hydrogen (secondary N) is 2. The lowest BCUT2D eigenvalue weighted by atomic mass is 9.44. The summed E-state index contributed by atoms with van der Waals surface area (Å²) in [5.74, 6) is -12.3. The molecule has 12 atom stereocenters. The number of fused-ring (bicyclic) bond motifs is 5. The molecule has 5 aliphatic carbocycles. The lowest BCUT2D eigenvalue weighted by Gasteiger charge is -2.67. The lowest BCUT2D eigenvalue weighted by molar-refractivity contribution is -0.346. The third-order valence-electron chi connectivity index (χ3n) is 18.5. The summed E-state index contributed by atoms with van der Waals surface area (Å²) < 4.78 is 44.4. The minimum Gasteiger partial charge on any atom is -0.481 e. The summed E-state index contributed by atoms with van der Waals surface area (Å²) in [6.45, 7) is 7.83. The van der Waals surface area contributed by atoms with Gasteiger partial charge in [0, 0.05) is 50.9 Å². The predicted molar refractivity (Wildman–Crippen MR) is 296 cm³/mol. The van der Waals surface area contributed by atoms with Crippen LogP contribution in [-0.4, -0.2) is 135 Å². The Morgan fingerprint density at radius 3 is 1.96 bits per heavy atom. The van der Waals surface area contributed by atoms with E-state index in [9.17, 15) is 48.6 Å². The van der Waals surface area contributed by atoms with Crippen LogP contribution in [0.25, 0.3) is 0 Å². The van der Waals surface area contributed by atoms with Crippen LogP contribution in [-0.2, 0) is 71.5 Å². The van der Waals surface area contributed by atoms with Crippen molar-refractivity contribution >= 4 is 59.4 Å². The van der Waals surface area contributed by atoms with Crippen LogP contribution in [0.1, 0.15) is 151 Å². The van der Waals surface area contributed by atoms with Crippen molar-refractivity contribution in [2.45, 2.75) is 179 Å². The van der Waals surface area contributed by atoms with Crippen LogP contribution in [0.2, 0.25) is 0 Å². The number of ether oxygens (including phenoxy) is 7. The summed E-state index contributed by atoms with van der Waals surface area (Å²) in [5, 5.41) is 29.4. The van der Waals surface area contributed by atoms with Gasteiger partial charge < -0.3 is 54.0 Å². The fourth-order valence-electron chi connectivity index (χ4n) is 13.9. The van der Waals surface area contributed by atoms with E-state index in [1.165, 1.54) is 76.5 Å². The molecule has 6 aliphatic rings. The van der Waals surface area contributed by atoms with E-state index in [0.717, 1.165) is 26.7 Å². The van der Waals surface area contributed by atoms with Gasteiger partial charge in [0.25, 0.3) is 5.91 Å². The SMILES string of the molecule is CC(=O)O[C@H]1C(=O)[C@]2(C)[C@@H](OC(=O)C3CCCC3)C[C@H]3OC[C@@]3(OC(C)=O)[C@H]2[C@H](OC(=O)c2ccccc2)[C@]2(O)C[C@H](OC(=O)[C@H](OC(=O)C3CCCC3)[C@@H](NC(=O)[C@@H](CCC(=O)O)NC(=O)c3cccnc3)c3ccccc3)C(C)=C1C2(C)C. The van der Waals surface area contributed by atoms with Gasteiger partial charge in [0.2, 0.25) is 12.0 Å². The van der Waals surface area contributed by atoms with Gasteiger partial charge in [0.05, 0.1) is 40.9 Å². The number of esters is 6. The fourth-order valence-corrected chi connectivity index (χ4v) is 13.9. The number of carboxylic acid groups (broad SMARTS) is 1. The van der Waals surface area contributed by atoms with Crippen molar-refractivity contribution in [1.29, 1.82) is 0 Å². The molecular formula is C63H73N3O19. The van der Waals surface area contributed by atoms with Gasteiger partial charge in [-0.15, -0.1) is 0 Å². The first kappa shape index (κ1) is 61.7. The highest BCUT2D eigenvalue weighted by Crippen LogP contribution is 2.65. The molecule has 85 heavy (non-hydrogen) atoms. The number of hydrogen-bond donors (Lipinski definition) is 4. The minimum absolute atomic E-state index is 0.00763. The monoisotopic (exact) mass is 1180 g/mol. The molecule has 4 saturated carbocycles. The number of nitrogens with zero attached hydrogens (tertiary/aromatic N) is 1. The number of aromatic nitrogens is 1. The van der Waals surface area contributed by atoms with E-state index in [-0.39, 0.29) is 34.3 Å². The van der Waals surface area contributed by atoms with Crippen molar-refractivity contribution in [3.63, 3.8) is 0 Å². The Labute approximate surface area is 491 Å². The molecule has 0 spiro atoms. The third-order valence-corrected chi connectivity index (χ3v) is 18.5. The van der Waals surface area contributed by atoms with Gasteiger partial charge in [-0.05, 0) is 86.9 Å². The van der Waals surface area contributed by atoms with Gasteiger partial charge >= 0.3 is 41.8 Å². The molecule has 2 bridgehead atoms. The predicted octanol–water partition coefficient (Wildman–Crippen LogP) is 5.96. The number of pyridine rings is 1. The molecule has 0 unspecified atom stereocenters. The van der Waals surface area contributed by atoms with Gasteiger partial charge in [0.15, 0.2) is 17.5 Å². The van der Waals surface area contributed by atoms with E-state index >= 15 is 9.59 Å². The maximum absolute atomic E-state index is 16.5. The second-order valence-electron chi connectivity index (χ2n) is 24.0. The van der Waals surface area contributed by atoms with Crippen molar-refractivity contribution in [3.8, 4) is 0 Å². The average molecular weight is 1180 g/mol. The second-order valence-corrected chi connectivity index (χ2v) is 24.0. The summed E-state index contributed by atoms with van der Waals surface area (Å²) in [5.41, 5.74) is -8.22. The molecule has 2 heterocycles. The summed E-state index contributed by atoms with van der Waals surface area (Å²) in [6.07, 6.45) is -4.78. The summed E-state index contributed by atoms with van der Waals surface area (Å²) in [4.78, 5) is 147. The molecule has 454 valence electrons. The zero-order chi connectivity index (χ0) is 61.2. The standard InChI is InChI=1S/C63H73N3O19/c1-34-43(81-59(77)50(83-57(75)39-24-15-16-25-39)48(37-18-9-7-10-19-37)66-55(73)42(27-28-46(69)70)65-54(72)41-26-17-29-64-32-41)31-63(78)53(84-58(76)40-20-11-8-12-21-40)51-61(6,52(71)49(80-35(2)67)47(34)60(63,4)5)44(82-56(74)38-22-13-14-23-38)30-45-62(51,33-79-45)85-36(3)68/h7-12,17-21,26,29,32,38-39,42-45,48-51,53,78H,13-16,22-25,27-28,30-31,33H2,1-6H3,(H,65,72)(H,66,73)(H,69,70)/t42-,43+,44+,45-,48+,49-,50-,51+,53+,61-,62+,63-/m1/s1. The molecule has 1 aliphatic heterocycles. The summed E-state index contributed by atoms with van der Waals surface area (Å²) in [6, 6.07) is 15.4. The topological polar surface area (TPSA) is 313 Å². The van der Waals surface area contributed by atoms with Gasteiger partial charge in [-0.1, -0.05) is 88.1 Å². The average Bonchev–Trinajstić information content (AvgIpc) is 0.829. The Bertz CT molecular complexity index is 3100. The van der Waals surface area contributed by atoms with E-state index in [2.05, 4.69) is 15.6 Å². The van der Waals surface area contributed by atoms with E-state index < -0.39 is 174 Å². The van der Waals surface area contributed by atoms with Gasteiger partial charge in [0.1, 0.15) is 42.1 Å². The van der Waals surface area contributed by atoms with Crippen molar-refractivity contribution in [3.05, 3.63) is 113 Å². The van der Waals surface area contributed by atoms with Crippen molar-refractivity contribution in [2.75, 3.05) is 6.61 Å². The van der Waals surface area contributed by atoms with Crippen LogP contribution < -0.4 is 10.6 Å². The number of Topliss-reactive ketones (excluding diaryl/α,β-unsaturated/α-hetero) is 1. The molecule has 2 aromatic carbocycles. The highest BCUT2D eigenvalue weighted by molar-refractivity contribution is 5.98. The quantitative estimate of drug-likeness (QED) is 0.0611. The van der Waals surface area contributed by atoms with Crippen LogP contribution in [0.5, 0.6) is 0 Å². The molecule has 5 fully saturated rings. The number of carbonyl (C=O) groups excluding carboxylic acids is 9. The van der Waals surface area contributed by atoms with E-state index in [4.69, 9.17) is 33.2 Å². The van der Waals surface area contributed by atoms with Crippen molar-refractivity contribution in [1.82, 2.24) is 15.6 Å². The molecular weight excluding hydrogens is 1100 g/mol. The highest BCUT2D eigenvalue weighted by Gasteiger charge is 2.79. The molecule has 3 aromatic rings. The molecule has 0 radical (unpaired) electrons. The van der Waals surface area contributed by atoms with Crippen LogP contribution in [0.4, 0.5) is 0 Å². The maximum atomic E-state index is 16.5. The molecule has 22 nitrogen and oxygen atoms in total. The zero-order valence-electron chi connectivity index (χ0n) is 48.4. The molecule has 1 aromatic heterocycles. The van der Waals surface area contributed by atoms with Crippen molar-refractivity contribution in [2.24, 2.45) is 28.6 Å². The number of ketones is 1. The Kier molecular flexibility index (Phi) is 18.2. The maximum Gasteiger partial charge on any atom is 0.350 e. The number of carbonyl (C=O) groups is 10. The number of aliphatic carboxylic acids is 1. The first-order valence-corrected chi connectivity index (χ1v) is 29.0. The molecule has 4 N–H and O–H groups in total. The smallest absolute Gasteiger partial charge is 0.350 e. The number of carboxylic acids is 1. The van der Waals surface area contributed by atoms with E-state index in [0.29, 0.717) is 38.5 Å². The van der Waals surface area contributed by atoms with Gasteiger partial charge in [-0.2, -0.15) is 0 Å². The first-order chi connectivity index (χ1) is 40.4. The van der Waals surface area contributed by atoms with Gasteiger partial charge in [-0.3, -0.25) is 43.3 Å². The molecule has 9 rings (SSSR count). The Balaban J connectivity index is 1.20. The number of rotatable bonds is 19. The Morgan fingerprint density at radius 1 is 0.765 bits per heavy atom. The highest BCUT2D eigenvalue weighted by atomic mass is 16.6. The van der Waals surface area contributed by atoms with E-state index in [1.807, 2.05) is 0 Å². The first-order valence-electron chi connectivity index (χ1n) is 29.0. The number of aliphatic hydroxyl groups is 1. The third kappa shape index (κ3) is 12.1. The van der Waals surface area contributed by atoms with E-state index in [1.54, 1.807) is 36.4 Å². The second kappa shape index (κ2) is 25.0. The number of amides is 2. The largest absolute Gasteiger partial charge is 0.481 e. The fraction of sp³-hybridized carbons (Fsp3) is 0.540. The Hall–Kier alpha value is -7.85. The van der Waals surface area contributed by atoms with Crippen LogP contribution in [0.15, 0.2) is 96.3 Å². The van der Waals surface area contributed by atoms with Crippen LogP contribution in [0, 0.1) is 28.6 Å². The van der Waals surface area contributed by atoms with Crippen LogP contribution >= 0.6 is 0 Å². The number of benzene rings is 2. The number of hydrogen-bond acceptors (Lipinski definition) is 19. The molecule has 1 saturated heterocycles. The summed E-state index contributed by atoms with van der Waals surface area (Å²) in [7, 11) is 0. The van der Waals surface area contributed by atoms with Gasteiger partial charge in [-0.25, -0.2) is 9.59 Å². The lowest BCUT2D eigenvalue weighted by Crippen LogP contribution is -2.82. The molecule has 2 amide bonds. The van der Waals surface area contributed by atoms with Crippen molar-refractivity contribution < 1.29 is 91.3 Å². The van der Waals surface area contributed by atoms with Crippen LogP contribution in [0.3, 0.4) is 0 Å². The minimum atomic E-state index is -2.57. The zero-order valence-corrected chi connectivity index (χ0v) is 48.4. The Morgan fingerprint density at radius 2 is 1.39 bits per heavy atom.